The lowest BCUT2D eigenvalue weighted by atomic mass is 10.1. The Bertz CT molecular complexity index is 1180. The molecule has 28 heavy (non-hydrogen) atoms. The minimum absolute atomic E-state index is 0.110. The number of aromatic amines is 2. The van der Waals surface area contributed by atoms with E-state index < -0.39 is 0 Å². The van der Waals surface area contributed by atoms with E-state index >= 15 is 0 Å². The highest BCUT2D eigenvalue weighted by Crippen LogP contribution is 2.21. The number of hydrogen-bond acceptors (Lipinski definition) is 3. The van der Waals surface area contributed by atoms with Crippen molar-refractivity contribution in [3.8, 4) is 5.75 Å². The van der Waals surface area contributed by atoms with Gasteiger partial charge in [-0.15, -0.1) is 0 Å². The fourth-order valence-corrected chi connectivity index (χ4v) is 3.45. The Balaban J connectivity index is 1.27. The van der Waals surface area contributed by atoms with Gasteiger partial charge in [-0.2, -0.15) is 0 Å². The summed E-state index contributed by atoms with van der Waals surface area (Å²) in [5.74, 6) is 0.504. The highest BCUT2D eigenvalue weighted by molar-refractivity contribution is 5.83. The molecule has 2 aromatic heterocycles. The molecule has 5 nitrogen and oxygen atoms in total. The van der Waals surface area contributed by atoms with Crippen molar-refractivity contribution in [2.45, 2.75) is 13.3 Å². The van der Waals surface area contributed by atoms with Crippen LogP contribution < -0.4 is 15.6 Å². The summed E-state index contributed by atoms with van der Waals surface area (Å²) in [5.41, 5.74) is 3.66. The molecule has 0 spiro atoms. The summed E-state index contributed by atoms with van der Waals surface area (Å²) in [4.78, 5) is 17.6. The molecule has 0 saturated heterocycles. The number of aryl methyl sites for hydroxylation is 1. The molecule has 0 aliphatic carbocycles. The zero-order valence-corrected chi connectivity index (χ0v) is 15.6. The van der Waals surface area contributed by atoms with Crippen molar-refractivity contribution >= 4 is 21.8 Å². The van der Waals surface area contributed by atoms with Crippen molar-refractivity contribution in [3.05, 3.63) is 76.0 Å². The molecule has 4 rings (SSSR count). The number of H-pyrrole nitrogens is 2. The average molecular weight is 379 g/mol. The van der Waals surface area contributed by atoms with E-state index in [9.17, 15) is 9.18 Å². The van der Waals surface area contributed by atoms with Gasteiger partial charge < -0.3 is 20.0 Å². The molecule has 0 aliphatic rings. The maximum atomic E-state index is 13.4. The molecule has 0 aliphatic heterocycles. The van der Waals surface area contributed by atoms with Crippen molar-refractivity contribution in [3.63, 3.8) is 0 Å². The summed E-state index contributed by atoms with van der Waals surface area (Å²) < 4.78 is 19.2. The van der Waals surface area contributed by atoms with Gasteiger partial charge >= 0.3 is 0 Å². The monoisotopic (exact) mass is 379 g/mol. The van der Waals surface area contributed by atoms with Crippen LogP contribution in [0.5, 0.6) is 5.75 Å². The number of pyridine rings is 1. The van der Waals surface area contributed by atoms with E-state index in [1.165, 1.54) is 6.07 Å². The first-order chi connectivity index (χ1) is 13.6. The first kappa shape index (κ1) is 18.3. The van der Waals surface area contributed by atoms with Crippen LogP contribution in [0.3, 0.4) is 0 Å². The molecule has 0 radical (unpaired) electrons. The van der Waals surface area contributed by atoms with Crippen molar-refractivity contribution < 1.29 is 9.13 Å². The predicted molar refractivity (Wildman–Crippen MR) is 110 cm³/mol. The summed E-state index contributed by atoms with van der Waals surface area (Å²) in [6, 6.07) is 12.1. The lowest BCUT2D eigenvalue weighted by Crippen LogP contribution is -2.23. The van der Waals surface area contributed by atoms with Crippen molar-refractivity contribution in [2.75, 3.05) is 19.7 Å². The van der Waals surface area contributed by atoms with Crippen LogP contribution in [-0.2, 0) is 6.42 Å². The quantitative estimate of drug-likeness (QED) is 0.429. The second kappa shape index (κ2) is 7.86. The average Bonchev–Trinajstić information content (AvgIpc) is 3.06. The van der Waals surface area contributed by atoms with Gasteiger partial charge in [-0.1, -0.05) is 0 Å². The van der Waals surface area contributed by atoms with Gasteiger partial charge in [-0.25, -0.2) is 4.39 Å². The number of nitrogens with one attached hydrogen (secondary N) is 3. The minimum Gasteiger partial charge on any atom is -0.492 e. The van der Waals surface area contributed by atoms with Gasteiger partial charge in [-0.05, 0) is 61.3 Å². The molecule has 0 bridgehead atoms. The maximum Gasteiger partial charge on any atom is 0.248 e. The van der Waals surface area contributed by atoms with Crippen LogP contribution in [0.2, 0.25) is 0 Å². The zero-order chi connectivity index (χ0) is 19.5. The Hall–Kier alpha value is -3.12. The highest BCUT2D eigenvalue weighted by Gasteiger charge is 2.05. The third-order valence-electron chi connectivity index (χ3n) is 4.87. The van der Waals surface area contributed by atoms with Gasteiger partial charge in [0.25, 0.3) is 0 Å². The minimum atomic E-state index is -0.221. The van der Waals surface area contributed by atoms with Gasteiger partial charge in [0, 0.05) is 41.2 Å². The van der Waals surface area contributed by atoms with Crippen molar-refractivity contribution in [2.24, 2.45) is 0 Å². The summed E-state index contributed by atoms with van der Waals surface area (Å²) in [6.45, 7) is 3.91. The summed E-state index contributed by atoms with van der Waals surface area (Å²) in [7, 11) is 0. The van der Waals surface area contributed by atoms with Gasteiger partial charge in [0.1, 0.15) is 18.2 Å². The van der Waals surface area contributed by atoms with Gasteiger partial charge in [0.15, 0.2) is 0 Å². The van der Waals surface area contributed by atoms with E-state index in [-0.39, 0.29) is 11.4 Å². The molecule has 6 heteroatoms. The van der Waals surface area contributed by atoms with Gasteiger partial charge in [-0.3, -0.25) is 4.79 Å². The fourth-order valence-electron chi connectivity index (χ4n) is 3.45. The number of benzene rings is 2. The fraction of sp³-hybridized carbons (Fsp3) is 0.227. The number of hydrogen-bond donors (Lipinski definition) is 3. The Morgan fingerprint density at radius 1 is 1.04 bits per heavy atom. The van der Waals surface area contributed by atoms with Crippen molar-refractivity contribution in [1.82, 2.24) is 15.3 Å². The van der Waals surface area contributed by atoms with Gasteiger partial charge in [0.05, 0.1) is 5.52 Å². The number of rotatable bonds is 7. The molecule has 3 N–H and O–H groups in total. The Kier molecular flexibility index (Phi) is 5.12. The van der Waals surface area contributed by atoms with Crippen LogP contribution >= 0.6 is 0 Å². The standard InChI is InChI=1S/C22H22FN3O2/c1-14-10-22(27)26-21-12-17(3-4-18(14)21)28-9-8-24-7-6-15-13-25-20-5-2-16(23)11-19(15)20/h2-5,10-13,24-25H,6-9H2,1H3,(H,26,27). The van der Waals surface area contributed by atoms with E-state index in [1.807, 2.05) is 31.3 Å². The van der Waals surface area contributed by atoms with E-state index in [2.05, 4.69) is 15.3 Å². The van der Waals surface area contributed by atoms with Crippen molar-refractivity contribution in [1.29, 1.82) is 0 Å². The predicted octanol–water partition coefficient (Wildman–Crippen LogP) is 3.67. The molecule has 2 heterocycles. The highest BCUT2D eigenvalue weighted by atomic mass is 19.1. The Morgan fingerprint density at radius 3 is 2.82 bits per heavy atom. The van der Waals surface area contributed by atoms with Crippen LogP contribution in [0.25, 0.3) is 21.8 Å². The molecule has 0 atom stereocenters. The molecule has 144 valence electrons. The second-order valence-corrected chi connectivity index (χ2v) is 6.88. The molecule has 0 fully saturated rings. The Morgan fingerprint density at radius 2 is 1.93 bits per heavy atom. The molecular weight excluding hydrogens is 357 g/mol. The molecule has 4 aromatic rings. The summed E-state index contributed by atoms with van der Waals surface area (Å²) >= 11 is 0. The largest absolute Gasteiger partial charge is 0.492 e. The summed E-state index contributed by atoms with van der Waals surface area (Å²) in [6.07, 6.45) is 2.74. The van der Waals surface area contributed by atoms with Gasteiger partial charge in [0.2, 0.25) is 5.56 Å². The lowest BCUT2D eigenvalue weighted by molar-refractivity contribution is 0.315. The van der Waals surface area contributed by atoms with Crippen LogP contribution in [0.4, 0.5) is 4.39 Å². The number of ether oxygens (including phenoxy) is 1. The third-order valence-corrected chi connectivity index (χ3v) is 4.87. The van der Waals surface area contributed by atoms with E-state index in [0.717, 1.165) is 51.6 Å². The number of aromatic nitrogens is 2. The molecule has 2 aromatic carbocycles. The molecule has 0 saturated carbocycles. The van der Waals surface area contributed by atoms with E-state index in [0.29, 0.717) is 13.2 Å². The zero-order valence-electron chi connectivity index (χ0n) is 15.6. The molecular formula is C22H22FN3O2. The lowest BCUT2D eigenvalue weighted by Gasteiger charge is -2.09. The van der Waals surface area contributed by atoms with Crippen LogP contribution in [0.15, 0.2) is 53.5 Å². The maximum absolute atomic E-state index is 13.4. The van der Waals surface area contributed by atoms with E-state index in [1.54, 1.807) is 18.2 Å². The first-order valence-electron chi connectivity index (χ1n) is 9.33. The van der Waals surface area contributed by atoms with Crippen LogP contribution in [0.1, 0.15) is 11.1 Å². The number of halogens is 1. The smallest absolute Gasteiger partial charge is 0.248 e. The molecule has 0 unspecified atom stereocenters. The third kappa shape index (κ3) is 3.92. The summed E-state index contributed by atoms with van der Waals surface area (Å²) in [5, 5.41) is 5.28. The second-order valence-electron chi connectivity index (χ2n) is 6.88. The van der Waals surface area contributed by atoms with Crippen LogP contribution in [0, 0.1) is 12.7 Å². The molecule has 0 amide bonds. The first-order valence-corrected chi connectivity index (χ1v) is 9.33. The number of fused-ring (bicyclic) bond motifs is 2. The van der Waals surface area contributed by atoms with E-state index in [4.69, 9.17) is 4.74 Å². The SMILES string of the molecule is Cc1cc(=O)[nH]c2cc(OCCNCCc3c[nH]c4ccc(F)cc34)ccc12. The normalized spacial score (nSPS) is 11.4. The van der Waals surface area contributed by atoms with Crippen LogP contribution in [-0.4, -0.2) is 29.7 Å². The topological polar surface area (TPSA) is 69.9 Å². The Labute approximate surface area is 161 Å².